The Labute approximate surface area is 171 Å². The summed E-state index contributed by atoms with van der Waals surface area (Å²) in [5.41, 5.74) is 2.88. The normalized spacial score (nSPS) is 17.9. The lowest BCUT2D eigenvalue weighted by Crippen LogP contribution is -2.34. The molecule has 152 valence electrons. The van der Waals surface area contributed by atoms with Crippen LogP contribution in [-0.4, -0.2) is 23.9 Å². The predicted molar refractivity (Wildman–Crippen MR) is 116 cm³/mol. The summed E-state index contributed by atoms with van der Waals surface area (Å²) >= 11 is 0. The molecule has 0 unspecified atom stereocenters. The number of benzene rings is 2. The van der Waals surface area contributed by atoms with Gasteiger partial charge < -0.3 is 10.2 Å². The quantitative estimate of drug-likeness (QED) is 0.438. The highest BCUT2D eigenvalue weighted by molar-refractivity contribution is 5.92. The average Bonchev–Trinajstić information content (AvgIpc) is 2.72. The van der Waals surface area contributed by atoms with Gasteiger partial charge in [-0.2, -0.15) is 0 Å². The van der Waals surface area contributed by atoms with Gasteiger partial charge in [-0.25, -0.2) is 0 Å². The fourth-order valence-corrected chi connectivity index (χ4v) is 3.66. The number of nitro groups is 1. The third-order valence-electron chi connectivity index (χ3n) is 5.28. The summed E-state index contributed by atoms with van der Waals surface area (Å²) in [5, 5.41) is 13.8. The van der Waals surface area contributed by atoms with E-state index < -0.39 is 4.92 Å². The number of rotatable bonds is 6. The van der Waals surface area contributed by atoms with Crippen LogP contribution in [-0.2, 0) is 4.79 Å². The number of non-ortho nitro benzene ring substituents is 1. The minimum absolute atomic E-state index is 0.00381. The van der Waals surface area contributed by atoms with Crippen LogP contribution in [0.3, 0.4) is 0 Å². The molecule has 1 fully saturated rings. The second-order valence-corrected chi connectivity index (χ2v) is 7.70. The van der Waals surface area contributed by atoms with Gasteiger partial charge in [-0.3, -0.25) is 14.9 Å². The molecule has 2 aromatic rings. The van der Waals surface area contributed by atoms with Gasteiger partial charge in [0.1, 0.15) is 0 Å². The summed E-state index contributed by atoms with van der Waals surface area (Å²) in [6.07, 6.45) is 5.50. The summed E-state index contributed by atoms with van der Waals surface area (Å²) < 4.78 is 0. The fraction of sp³-hybridized carbons (Fsp3) is 0.348. The Hall–Kier alpha value is -3.15. The van der Waals surface area contributed by atoms with Crippen LogP contribution in [0.25, 0.3) is 6.08 Å². The van der Waals surface area contributed by atoms with Crippen LogP contribution >= 0.6 is 0 Å². The molecule has 1 heterocycles. The molecule has 29 heavy (non-hydrogen) atoms. The van der Waals surface area contributed by atoms with Gasteiger partial charge in [0.2, 0.25) is 5.91 Å². The molecule has 0 aromatic heterocycles. The van der Waals surface area contributed by atoms with Crippen molar-refractivity contribution in [2.24, 2.45) is 5.92 Å². The summed E-state index contributed by atoms with van der Waals surface area (Å²) in [4.78, 5) is 25.0. The highest BCUT2D eigenvalue weighted by atomic mass is 16.6. The summed E-state index contributed by atoms with van der Waals surface area (Å²) in [6, 6.07) is 14.4. The number of anilines is 1. The van der Waals surface area contributed by atoms with Crippen molar-refractivity contribution in [1.29, 1.82) is 0 Å². The lowest BCUT2D eigenvalue weighted by Gasteiger charge is -2.33. The Balaban J connectivity index is 1.58. The Morgan fingerprint density at radius 3 is 2.72 bits per heavy atom. The van der Waals surface area contributed by atoms with E-state index >= 15 is 0 Å². The number of hydrogen-bond acceptors (Lipinski definition) is 4. The van der Waals surface area contributed by atoms with Crippen LogP contribution in [0, 0.1) is 16.0 Å². The topological polar surface area (TPSA) is 75.5 Å². The Kier molecular flexibility index (Phi) is 6.65. The van der Waals surface area contributed by atoms with E-state index in [1.54, 1.807) is 18.2 Å². The standard InChI is InChI=1S/C23H27N3O3/c1-17-5-4-14-25(16-17)21-11-9-20(10-12-21)18(2)24-23(27)13-8-19-6-3-7-22(15-19)26(28)29/h3,6-13,15,17-18H,4-5,14,16H2,1-2H3,(H,24,27)/b13-8+/t17-,18-/m1/s1. The van der Waals surface area contributed by atoms with Crippen LogP contribution in [0.1, 0.15) is 43.9 Å². The summed E-state index contributed by atoms with van der Waals surface area (Å²) in [6.45, 7) is 6.42. The highest BCUT2D eigenvalue weighted by Crippen LogP contribution is 2.24. The largest absolute Gasteiger partial charge is 0.371 e. The number of nitrogens with one attached hydrogen (secondary N) is 1. The average molecular weight is 393 g/mol. The molecular formula is C23H27N3O3. The first kappa shape index (κ1) is 20.6. The van der Waals surface area contributed by atoms with E-state index in [9.17, 15) is 14.9 Å². The van der Waals surface area contributed by atoms with E-state index in [4.69, 9.17) is 0 Å². The van der Waals surface area contributed by atoms with Crippen LogP contribution in [0.4, 0.5) is 11.4 Å². The Morgan fingerprint density at radius 1 is 1.28 bits per heavy atom. The maximum absolute atomic E-state index is 12.2. The smallest absolute Gasteiger partial charge is 0.270 e. The Bertz CT molecular complexity index is 892. The fourth-order valence-electron chi connectivity index (χ4n) is 3.66. The number of piperidine rings is 1. The van der Waals surface area contributed by atoms with Crippen molar-refractivity contribution in [1.82, 2.24) is 5.32 Å². The molecule has 6 nitrogen and oxygen atoms in total. The van der Waals surface area contributed by atoms with Gasteiger partial charge in [0.15, 0.2) is 0 Å². The molecule has 1 aliphatic rings. The maximum atomic E-state index is 12.2. The first-order valence-corrected chi connectivity index (χ1v) is 10.0. The first-order chi connectivity index (χ1) is 13.9. The molecule has 6 heteroatoms. The molecule has 2 aromatic carbocycles. The minimum atomic E-state index is -0.451. The molecule has 3 rings (SSSR count). The van der Waals surface area contributed by atoms with Crippen LogP contribution in [0.15, 0.2) is 54.6 Å². The van der Waals surface area contributed by atoms with E-state index in [-0.39, 0.29) is 17.6 Å². The van der Waals surface area contributed by atoms with Crippen LogP contribution in [0.5, 0.6) is 0 Å². The second kappa shape index (κ2) is 9.37. The number of nitro benzene ring substituents is 1. The molecule has 1 aliphatic heterocycles. The van der Waals surface area contributed by atoms with Crippen LogP contribution < -0.4 is 10.2 Å². The number of carbonyl (C=O) groups excluding carboxylic acids is 1. The molecule has 1 saturated heterocycles. The highest BCUT2D eigenvalue weighted by Gasteiger charge is 2.17. The van der Waals surface area contributed by atoms with Crippen molar-refractivity contribution in [3.63, 3.8) is 0 Å². The third kappa shape index (κ3) is 5.67. The Morgan fingerprint density at radius 2 is 2.03 bits per heavy atom. The van der Waals surface area contributed by atoms with Gasteiger partial charge in [-0.1, -0.05) is 31.2 Å². The molecule has 0 bridgehead atoms. The summed E-state index contributed by atoms with van der Waals surface area (Å²) in [7, 11) is 0. The van der Waals surface area contributed by atoms with Crippen LogP contribution in [0.2, 0.25) is 0 Å². The molecule has 0 saturated carbocycles. The molecule has 0 spiro atoms. The zero-order chi connectivity index (χ0) is 20.8. The van der Waals surface area contributed by atoms with Crippen molar-refractivity contribution in [3.05, 3.63) is 75.8 Å². The zero-order valence-corrected chi connectivity index (χ0v) is 16.9. The SMILES string of the molecule is C[C@@H]1CCCN(c2ccc([C@@H](C)NC(=O)/C=C/c3cccc([N+](=O)[O-])c3)cc2)C1. The number of carbonyl (C=O) groups is 1. The van der Waals surface area contributed by atoms with Crippen molar-refractivity contribution in [2.75, 3.05) is 18.0 Å². The first-order valence-electron chi connectivity index (χ1n) is 10.0. The minimum Gasteiger partial charge on any atom is -0.371 e. The van der Waals surface area contributed by atoms with Crippen molar-refractivity contribution in [3.8, 4) is 0 Å². The van der Waals surface area contributed by atoms with Gasteiger partial charge in [-0.15, -0.1) is 0 Å². The van der Waals surface area contributed by atoms with Crippen molar-refractivity contribution < 1.29 is 9.72 Å². The molecule has 0 radical (unpaired) electrons. The van der Waals surface area contributed by atoms with E-state index in [2.05, 4.69) is 41.4 Å². The predicted octanol–water partition coefficient (Wildman–Crippen LogP) is 4.72. The van der Waals surface area contributed by atoms with E-state index in [0.29, 0.717) is 5.56 Å². The number of amides is 1. The van der Waals surface area contributed by atoms with E-state index in [1.165, 1.54) is 36.7 Å². The van der Waals surface area contributed by atoms with Gasteiger partial charge in [-0.05, 0) is 55.0 Å². The molecule has 2 atom stereocenters. The lowest BCUT2D eigenvalue weighted by atomic mass is 9.99. The number of nitrogens with zero attached hydrogens (tertiary/aromatic N) is 2. The van der Waals surface area contributed by atoms with Gasteiger partial charge in [0, 0.05) is 37.0 Å². The van der Waals surface area contributed by atoms with Gasteiger partial charge >= 0.3 is 0 Å². The third-order valence-corrected chi connectivity index (χ3v) is 5.28. The van der Waals surface area contributed by atoms with Crippen molar-refractivity contribution in [2.45, 2.75) is 32.7 Å². The lowest BCUT2D eigenvalue weighted by molar-refractivity contribution is -0.384. The monoisotopic (exact) mass is 393 g/mol. The molecular weight excluding hydrogens is 366 g/mol. The van der Waals surface area contributed by atoms with Gasteiger partial charge in [0.25, 0.3) is 5.69 Å². The zero-order valence-electron chi connectivity index (χ0n) is 16.9. The maximum Gasteiger partial charge on any atom is 0.270 e. The van der Waals surface area contributed by atoms with Gasteiger partial charge in [0.05, 0.1) is 11.0 Å². The molecule has 0 aliphatic carbocycles. The summed E-state index contributed by atoms with van der Waals surface area (Å²) in [5.74, 6) is 0.484. The molecule has 1 amide bonds. The van der Waals surface area contributed by atoms with Crippen molar-refractivity contribution >= 4 is 23.4 Å². The second-order valence-electron chi connectivity index (χ2n) is 7.70. The number of hydrogen-bond donors (Lipinski definition) is 1. The molecule has 1 N–H and O–H groups in total. The van der Waals surface area contributed by atoms with E-state index in [1.807, 2.05) is 6.92 Å². The van der Waals surface area contributed by atoms with E-state index in [0.717, 1.165) is 24.6 Å².